The summed E-state index contributed by atoms with van der Waals surface area (Å²) in [5.74, 6) is -1.06. The van der Waals surface area contributed by atoms with Gasteiger partial charge in [-0.2, -0.15) is 13.2 Å². The van der Waals surface area contributed by atoms with Crippen LogP contribution < -0.4 is 0 Å². The standard InChI is InChI=1S/C15H14F3N3O2/c16-15(17,18)10-3-1-2-9(6-10)7-21-5-4-11-12(20-8-19-11)13(21)14(22)23/h1-3,6,8,13H,4-5,7H2,(H,19,20)(H,22,23)/t13-/m1/s1. The van der Waals surface area contributed by atoms with Crippen molar-refractivity contribution in [2.24, 2.45) is 0 Å². The summed E-state index contributed by atoms with van der Waals surface area (Å²) in [6.07, 6.45) is -2.40. The Bertz CT molecular complexity index is 727. The van der Waals surface area contributed by atoms with E-state index in [1.54, 1.807) is 11.0 Å². The van der Waals surface area contributed by atoms with Crippen molar-refractivity contribution < 1.29 is 23.1 Å². The number of aromatic amines is 1. The summed E-state index contributed by atoms with van der Waals surface area (Å²) in [4.78, 5) is 20.1. The molecule has 0 aliphatic carbocycles. The molecule has 1 atom stereocenters. The Labute approximate surface area is 129 Å². The third kappa shape index (κ3) is 3.07. The maximum atomic E-state index is 12.8. The quantitative estimate of drug-likeness (QED) is 0.910. The molecule has 0 amide bonds. The molecule has 0 fully saturated rings. The highest BCUT2D eigenvalue weighted by molar-refractivity contribution is 5.75. The highest BCUT2D eigenvalue weighted by atomic mass is 19.4. The van der Waals surface area contributed by atoms with E-state index >= 15 is 0 Å². The van der Waals surface area contributed by atoms with E-state index in [9.17, 15) is 23.1 Å². The first-order chi connectivity index (χ1) is 10.9. The molecule has 1 aliphatic heterocycles. The molecular formula is C15H14F3N3O2. The third-order valence-electron chi connectivity index (χ3n) is 3.90. The lowest BCUT2D eigenvalue weighted by atomic mass is 10.0. The highest BCUT2D eigenvalue weighted by Crippen LogP contribution is 2.32. The molecule has 8 heteroatoms. The van der Waals surface area contributed by atoms with Crippen LogP contribution in [0.5, 0.6) is 0 Å². The first kappa shape index (κ1) is 15.5. The first-order valence-corrected chi connectivity index (χ1v) is 7.01. The molecule has 0 saturated carbocycles. The van der Waals surface area contributed by atoms with E-state index in [1.807, 2.05) is 0 Å². The summed E-state index contributed by atoms with van der Waals surface area (Å²) >= 11 is 0. The summed E-state index contributed by atoms with van der Waals surface area (Å²) in [7, 11) is 0. The Kier molecular flexibility index (Phi) is 3.85. The number of carbonyl (C=O) groups is 1. The predicted octanol–water partition coefficient (Wildman–Crippen LogP) is 2.61. The normalized spacial score (nSPS) is 18.7. The molecule has 2 N–H and O–H groups in total. The van der Waals surface area contributed by atoms with Crippen LogP contribution in [0.3, 0.4) is 0 Å². The zero-order chi connectivity index (χ0) is 16.6. The van der Waals surface area contributed by atoms with E-state index < -0.39 is 23.8 Å². The average Bonchev–Trinajstić information content (AvgIpc) is 2.94. The minimum absolute atomic E-state index is 0.118. The van der Waals surface area contributed by atoms with Gasteiger partial charge in [-0.25, -0.2) is 4.98 Å². The summed E-state index contributed by atoms with van der Waals surface area (Å²) in [5.41, 5.74) is 0.873. The first-order valence-electron chi connectivity index (χ1n) is 7.01. The number of imidazole rings is 1. The molecule has 0 spiro atoms. The van der Waals surface area contributed by atoms with Crippen molar-refractivity contribution in [1.82, 2.24) is 14.9 Å². The molecule has 2 heterocycles. The fraction of sp³-hybridized carbons (Fsp3) is 0.333. The van der Waals surface area contributed by atoms with Gasteiger partial charge in [0.2, 0.25) is 0 Å². The van der Waals surface area contributed by atoms with E-state index in [0.717, 1.165) is 17.8 Å². The number of rotatable bonds is 3. The molecule has 1 aromatic heterocycles. The molecule has 1 aromatic carbocycles. The Hall–Kier alpha value is -2.35. The predicted molar refractivity (Wildman–Crippen MR) is 74.5 cm³/mol. The van der Waals surface area contributed by atoms with Crippen LogP contribution in [-0.2, 0) is 23.9 Å². The lowest BCUT2D eigenvalue weighted by molar-refractivity contribution is -0.144. The fourth-order valence-electron chi connectivity index (χ4n) is 2.85. The zero-order valence-electron chi connectivity index (χ0n) is 12.0. The number of benzene rings is 1. The largest absolute Gasteiger partial charge is 0.480 e. The van der Waals surface area contributed by atoms with E-state index in [-0.39, 0.29) is 6.54 Å². The highest BCUT2D eigenvalue weighted by Gasteiger charge is 2.35. The summed E-state index contributed by atoms with van der Waals surface area (Å²) in [5, 5.41) is 9.46. The van der Waals surface area contributed by atoms with Crippen LogP contribution in [0.25, 0.3) is 0 Å². The second kappa shape index (κ2) is 5.69. The summed E-state index contributed by atoms with van der Waals surface area (Å²) < 4.78 is 38.4. The van der Waals surface area contributed by atoms with Gasteiger partial charge in [0.15, 0.2) is 6.04 Å². The Morgan fingerprint density at radius 3 is 2.91 bits per heavy atom. The molecular weight excluding hydrogens is 311 g/mol. The SMILES string of the molecule is O=C(O)[C@H]1c2nc[nH]c2CCN1Cc1cccc(C(F)(F)F)c1. The lowest BCUT2D eigenvalue weighted by Gasteiger charge is -2.32. The number of carboxylic acids is 1. The molecule has 0 unspecified atom stereocenters. The van der Waals surface area contributed by atoms with Crippen molar-refractivity contribution in [3.8, 4) is 0 Å². The van der Waals surface area contributed by atoms with Crippen molar-refractivity contribution in [1.29, 1.82) is 0 Å². The minimum atomic E-state index is -4.42. The van der Waals surface area contributed by atoms with Crippen LogP contribution >= 0.6 is 0 Å². The van der Waals surface area contributed by atoms with Gasteiger partial charge in [0.25, 0.3) is 0 Å². The number of H-pyrrole nitrogens is 1. The van der Waals surface area contributed by atoms with Crippen LogP contribution in [0.15, 0.2) is 30.6 Å². The van der Waals surface area contributed by atoms with Gasteiger partial charge >= 0.3 is 12.1 Å². The topological polar surface area (TPSA) is 69.2 Å². The maximum absolute atomic E-state index is 12.8. The number of fused-ring (bicyclic) bond motifs is 1. The molecule has 5 nitrogen and oxygen atoms in total. The molecule has 0 radical (unpaired) electrons. The number of alkyl halides is 3. The van der Waals surface area contributed by atoms with Gasteiger partial charge in [0.05, 0.1) is 17.6 Å². The smallest absolute Gasteiger partial charge is 0.416 e. The third-order valence-corrected chi connectivity index (χ3v) is 3.90. The van der Waals surface area contributed by atoms with E-state index in [0.29, 0.717) is 24.2 Å². The second-order valence-electron chi connectivity index (χ2n) is 5.43. The van der Waals surface area contributed by atoms with Crippen molar-refractivity contribution >= 4 is 5.97 Å². The fourth-order valence-corrected chi connectivity index (χ4v) is 2.85. The number of aromatic nitrogens is 2. The van der Waals surface area contributed by atoms with Crippen molar-refractivity contribution in [3.63, 3.8) is 0 Å². The molecule has 0 bridgehead atoms. The summed E-state index contributed by atoms with van der Waals surface area (Å²) in [6.45, 7) is 0.551. The van der Waals surface area contributed by atoms with E-state index in [1.165, 1.54) is 12.4 Å². The average molecular weight is 325 g/mol. The van der Waals surface area contributed by atoms with Crippen LogP contribution in [0.1, 0.15) is 28.6 Å². The Morgan fingerprint density at radius 2 is 2.22 bits per heavy atom. The van der Waals surface area contributed by atoms with Crippen LogP contribution in [0.2, 0.25) is 0 Å². The minimum Gasteiger partial charge on any atom is -0.480 e. The number of nitrogens with zero attached hydrogens (tertiary/aromatic N) is 2. The van der Waals surface area contributed by atoms with Crippen LogP contribution in [0, 0.1) is 0 Å². The van der Waals surface area contributed by atoms with Crippen LogP contribution in [0.4, 0.5) is 13.2 Å². The molecule has 2 aromatic rings. The molecule has 3 rings (SSSR count). The molecule has 23 heavy (non-hydrogen) atoms. The molecule has 1 aliphatic rings. The van der Waals surface area contributed by atoms with Gasteiger partial charge in [-0.1, -0.05) is 18.2 Å². The van der Waals surface area contributed by atoms with Gasteiger partial charge in [-0.15, -0.1) is 0 Å². The van der Waals surface area contributed by atoms with Crippen molar-refractivity contribution in [2.75, 3.05) is 6.54 Å². The number of aliphatic carboxylic acids is 1. The lowest BCUT2D eigenvalue weighted by Crippen LogP contribution is -2.39. The van der Waals surface area contributed by atoms with E-state index in [2.05, 4.69) is 9.97 Å². The van der Waals surface area contributed by atoms with Crippen LogP contribution in [-0.4, -0.2) is 32.5 Å². The zero-order valence-corrected chi connectivity index (χ0v) is 12.0. The van der Waals surface area contributed by atoms with Gasteiger partial charge < -0.3 is 10.1 Å². The van der Waals surface area contributed by atoms with Gasteiger partial charge in [0.1, 0.15) is 0 Å². The number of hydrogen-bond donors (Lipinski definition) is 2. The monoisotopic (exact) mass is 325 g/mol. The summed E-state index contributed by atoms with van der Waals surface area (Å²) in [6, 6.07) is 3.99. The molecule has 0 saturated heterocycles. The van der Waals surface area contributed by atoms with Gasteiger partial charge in [-0.05, 0) is 11.6 Å². The second-order valence-corrected chi connectivity index (χ2v) is 5.43. The number of hydrogen-bond acceptors (Lipinski definition) is 3. The van der Waals surface area contributed by atoms with Crippen molar-refractivity contribution in [3.05, 3.63) is 53.1 Å². The molecule has 122 valence electrons. The Balaban J connectivity index is 1.87. The van der Waals surface area contributed by atoms with Gasteiger partial charge in [0, 0.05) is 25.2 Å². The number of nitrogens with one attached hydrogen (secondary N) is 1. The number of carboxylic acid groups (broad SMARTS) is 1. The van der Waals surface area contributed by atoms with E-state index in [4.69, 9.17) is 0 Å². The number of halogens is 3. The Morgan fingerprint density at radius 1 is 1.43 bits per heavy atom. The van der Waals surface area contributed by atoms with Gasteiger partial charge in [-0.3, -0.25) is 9.69 Å². The maximum Gasteiger partial charge on any atom is 0.416 e. The van der Waals surface area contributed by atoms with Crippen molar-refractivity contribution in [2.45, 2.75) is 25.2 Å².